The molecule has 1 unspecified atom stereocenters. The SMILES string of the molecule is COc1ccc(CN(C(=O)CN(c2ccc(F)c(Cl)c2)S(C)(=O)=O)C(C)C(=O)NC2CCCCC2)cc1. The van der Waals surface area contributed by atoms with E-state index in [-0.39, 0.29) is 29.2 Å². The Morgan fingerprint density at radius 3 is 2.35 bits per heavy atom. The predicted molar refractivity (Wildman–Crippen MR) is 142 cm³/mol. The minimum Gasteiger partial charge on any atom is -0.497 e. The number of hydrogen-bond donors (Lipinski definition) is 1. The Balaban J connectivity index is 1.88. The minimum absolute atomic E-state index is 0.0472. The predicted octanol–water partition coefficient (Wildman–Crippen LogP) is 4.12. The van der Waals surface area contributed by atoms with Gasteiger partial charge in [0.1, 0.15) is 24.2 Å². The molecular weight excluding hydrogens is 521 g/mol. The number of nitrogens with one attached hydrogen (secondary N) is 1. The maximum absolute atomic E-state index is 13.7. The van der Waals surface area contributed by atoms with Crippen molar-refractivity contribution in [3.8, 4) is 5.75 Å². The molecule has 0 heterocycles. The zero-order valence-electron chi connectivity index (χ0n) is 21.2. The first kappa shape index (κ1) is 28.7. The van der Waals surface area contributed by atoms with Crippen LogP contribution in [0.3, 0.4) is 0 Å². The first-order valence-corrected chi connectivity index (χ1v) is 14.4. The Morgan fingerprint density at radius 1 is 1.14 bits per heavy atom. The van der Waals surface area contributed by atoms with E-state index in [9.17, 15) is 22.4 Å². The number of nitrogens with zero attached hydrogens (tertiary/aromatic N) is 2. The Morgan fingerprint density at radius 2 is 1.78 bits per heavy atom. The summed E-state index contributed by atoms with van der Waals surface area (Å²) in [5.41, 5.74) is 0.785. The van der Waals surface area contributed by atoms with E-state index in [0.29, 0.717) is 5.75 Å². The standard InChI is InChI=1S/C26H33ClFN3O5S/c1-18(26(33)29-20-7-5-4-6-8-20)30(16-19-9-12-22(36-2)13-10-19)25(32)17-31(37(3,34)35)21-11-14-24(28)23(27)15-21/h9-15,18,20H,4-8,16-17H2,1-3H3,(H,29,33). The molecule has 0 spiro atoms. The van der Waals surface area contributed by atoms with Crippen LogP contribution in [0.1, 0.15) is 44.6 Å². The number of ether oxygens (including phenoxy) is 1. The number of rotatable bonds is 10. The summed E-state index contributed by atoms with van der Waals surface area (Å²) in [6.45, 7) is 1.11. The molecule has 3 rings (SSSR count). The lowest BCUT2D eigenvalue weighted by atomic mass is 9.95. The van der Waals surface area contributed by atoms with Crippen molar-refractivity contribution >= 4 is 39.1 Å². The molecule has 0 bridgehead atoms. The number of benzene rings is 2. The van der Waals surface area contributed by atoms with Crippen LogP contribution in [0.4, 0.5) is 10.1 Å². The number of carbonyl (C=O) groups is 2. The highest BCUT2D eigenvalue weighted by molar-refractivity contribution is 7.92. The van der Waals surface area contributed by atoms with E-state index in [4.69, 9.17) is 16.3 Å². The van der Waals surface area contributed by atoms with Crippen molar-refractivity contribution < 1.29 is 27.1 Å². The van der Waals surface area contributed by atoms with Crippen molar-refractivity contribution in [1.82, 2.24) is 10.2 Å². The number of anilines is 1. The van der Waals surface area contributed by atoms with E-state index in [1.807, 2.05) is 0 Å². The van der Waals surface area contributed by atoms with Crippen molar-refractivity contribution in [2.75, 3.05) is 24.2 Å². The van der Waals surface area contributed by atoms with Crippen LogP contribution in [0.15, 0.2) is 42.5 Å². The van der Waals surface area contributed by atoms with Gasteiger partial charge in [-0.25, -0.2) is 12.8 Å². The zero-order chi connectivity index (χ0) is 27.2. The molecule has 11 heteroatoms. The van der Waals surface area contributed by atoms with E-state index < -0.39 is 34.3 Å². The van der Waals surface area contributed by atoms with Gasteiger partial charge in [0.2, 0.25) is 21.8 Å². The fourth-order valence-corrected chi connectivity index (χ4v) is 5.35. The molecule has 1 saturated carbocycles. The molecule has 1 aliphatic carbocycles. The van der Waals surface area contributed by atoms with E-state index in [1.54, 1.807) is 38.3 Å². The topological polar surface area (TPSA) is 96.0 Å². The Labute approximate surface area is 222 Å². The molecule has 37 heavy (non-hydrogen) atoms. The molecule has 2 amide bonds. The maximum atomic E-state index is 13.7. The van der Waals surface area contributed by atoms with Crippen LogP contribution in [-0.4, -0.2) is 57.1 Å². The van der Waals surface area contributed by atoms with Crippen LogP contribution < -0.4 is 14.4 Å². The highest BCUT2D eigenvalue weighted by Gasteiger charge is 2.31. The largest absolute Gasteiger partial charge is 0.497 e. The van der Waals surface area contributed by atoms with Crippen molar-refractivity contribution in [2.45, 2.75) is 57.7 Å². The van der Waals surface area contributed by atoms with E-state index >= 15 is 0 Å². The molecular formula is C26H33ClFN3O5S. The molecule has 0 aromatic heterocycles. The van der Waals surface area contributed by atoms with E-state index in [0.717, 1.165) is 60.4 Å². The lowest BCUT2D eigenvalue weighted by Crippen LogP contribution is -2.52. The summed E-state index contributed by atoms with van der Waals surface area (Å²) in [5.74, 6) is -0.960. The Kier molecular flexibility index (Phi) is 9.78. The molecule has 8 nitrogen and oxygen atoms in total. The fourth-order valence-electron chi connectivity index (χ4n) is 4.33. The summed E-state index contributed by atoms with van der Waals surface area (Å²) in [5, 5.41) is 2.77. The highest BCUT2D eigenvalue weighted by Crippen LogP contribution is 2.25. The van der Waals surface area contributed by atoms with Gasteiger partial charge in [-0.15, -0.1) is 0 Å². The van der Waals surface area contributed by atoms with Gasteiger partial charge in [0, 0.05) is 12.6 Å². The van der Waals surface area contributed by atoms with Gasteiger partial charge >= 0.3 is 0 Å². The number of hydrogen-bond acceptors (Lipinski definition) is 5. The van der Waals surface area contributed by atoms with Gasteiger partial charge in [-0.3, -0.25) is 13.9 Å². The maximum Gasteiger partial charge on any atom is 0.244 e. The summed E-state index contributed by atoms with van der Waals surface area (Å²) in [6, 6.07) is 9.65. The van der Waals surface area contributed by atoms with Gasteiger partial charge in [-0.2, -0.15) is 0 Å². The first-order valence-electron chi connectivity index (χ1n) is 12.1. The molecule has 0 saturated heterocycles. The van der Waals surface area contributed by atoms with Gasteiger partial charge in [0.25, 0.3) is 0 Å². The smallest absolute Gasteiger partial charge is 0.244 e. The number of sulfonamides is 1. The number of carbonyl (C=O) groups excluding carboxylic acids is 2. The first-order chi connectivity index (χ1) is 17.5. The quantitative estimate of drug-likeness (QED) is 0.477. The van der Waals surface area contributed by atoms with Gasteiger partial charge in [-0.05, 0) is 55.7 Å². The summed E-state index contributed by atoms with van der Waals surface area (Å²) < 4.78 is 45.0. The molecule has 0 aliphatic heterocycles. The monoisotopic (exact) mass is 553 g/mol. The van der Waals surface area contributed by atoms with Crippen molar-refractivity contribution in [1.29, 1.82) is 0 Å². The third-order valence-electron chi connectivity index (χ3n) is 6.50. The van der Waals surface area contributed by atoms with Crippen LogP contribution in [-0.2, 0) is 26.2 Å². The van der Waals surface area contributed by atoms with Crippen LogP contribution in [0, 0.1) is 5.82 Å². The molecule has 1 fully saturated rings. The second-order valence-electron chi connectivity index (χ2n) is 9.26. The molecule has 202 valence electrons. The molecule has 2 aromatic carbocycles. The molecule has 2 aromatic rings. The highest BCUT2D eigenvalue weighted by atomic mass is 35.5. The van der Waals surface area contributed by atoms with Crippen LogP contribution in [0.25, 0.3) is 0 Å². The third-order valence-corrected chi connectivity index (χ3v) is 7.93. The van der Waals surface area contributed by atoms with Crippen molar-refractivity contribution in [3.63, 3.8) is 0 Å². The second kappa shape index (κ2) is 12.6. The van der Waals surface area contributed by atoms with Gasteiger partial charge < -0.3 is 15.0 Å². The van der Waals surface area contributed by atoms with Crippen LogP contribution in [0.2, 0.25) is 5.02 Å². The third kappa shape index (κ3) is 7.82. The summed E-state index contributed by atoms with van der Waals surface area (Å²) in [6.07, 6.45) is 5.94. The number of halogens is 2. The van der Waals surface area contributed by atoms with Crippen LogP contribution >= 0.6 is 11.6 Å². The van der Waals surface area contributed by atoms with Gasteiger partial charge in [0.05, 0.1) is 24.1 Å². The summed E-state index contributed by atoms with van der Waals surface area (Å²) in [4.78, 5) is 28.1. The zero-order valence-corrected chi connectivity index (χ0v) is 22.8. The van der Waals surface area contributed by atoms with Crippen LogP contribution in [0.5, 0.6) is 5.75 Å². The lowest BCUT2D eigenvalue weighted by Gasteiger charge is -2.33. The molecule has 1 N–H and O–H groups in total. The Bertz CT molecular complexity index is 1200. The second-order valence-corrected chi connectivity index (χ2v) is 11.6. The summed E-state index contributed by atoms with van der Waals surface area (Å²) >= 11 is 5.87. The van der Waals surface area contributed by atoms with Crippen molar-refractivity contribution in [2.24, 2.45) is 0 Å². The number of amides is 2. The molecule has 0 radical (unpaired) electrons. The molecule has 1 atom stereocenters. The fraction of sp³-hybridized carbons (Fsp3) is 0.462. The minimum atomic E-state index is -3.94. The number of methoxy groups -OCH3 is 1. The van der Waals surface area contributed by atoms with Gasteiger partial charge in [-0.1, -0.05) is 43.0 Å². The lowest BCUT2D eigenvalue weighted by molar-refractivity contribution is -0.139. The average Bonchev–Trinajstić information content (AvgIpc) is 2.87. The average molecular weight is 554 g/mol. The van der Waals surface area contributed by atoms with Crippen molar-refractivity contribution in [3.05, 3.63) is 58.9 Å². The Hall–Kier alpha value is -2.85. The van der Waals surface area contributed by atoms with E-state index in [1.165, 1.54) is 11.0 Å². The molecule has 1 aliphatic rings. The van der Waals surface area contributed by atoms with Gasteiger partial charge in [0.15, 0.2) is 0 Å². The summed E-state index contributed by atoms with van der Waals surface area (Å²) in [7, 11) is -2.39. The normalized spacial score (nSPS) is 15.1. The van der Waals surface area contributed by atoms with E-state index in [2.05, 4.69) is 5.32 Å².